The van der Waals surface area contributed by atoms with Gasteiger partial charge in [0.15, 0.2) is 9.84 Å². The highest BCUT2D eigenvalue weighted by Crippen LogP contribution is 2.28. The molecule has 6 heteroatoms. The van der Waals surface area contributed by atoms with Crippen molar-refractivity contribution in [2.24, 2.45) is 0 Å². The predicted molar refractivity (Wildman–Crippen MR) is 58.3 cm³/mol. The van der Waals surface area contributed by atoms with Crippen molar-refractivity contribution in [3.8, 4) is 6.07 Å². The molecule has 0 radical (unpaired) electrons. The molecule has 17 heavy (non-hydrogen) atoms. The Morgan fingerprint density at radius 3 is 2.06 bits per heavy atom. The molecule has 0 aromatic heterocycles. The first kappa shape index (κ1) is 13.6. The van der Waals surface area contributed by atoms with Crippen LogP contribution in [0, 0.1) is 11.3 Å². The van der Waals surface area contributed by atoms with Crippen LogP contribution in [0.2, 0.25) is 0 Å². The van der Waals surface area contributed by atoms with Gasteiger partial charge >= 0.3 is 5.92 Å². The first-order chi connectivity index (χ1) is 7.71. The fourth-order valence-corrected chi connectivity index (χ4v) is 2.25. The molecule has 1 aromatic rings. The Morgan fingerprint density at radius 1 is 1.24 bits per heavy atom. The molecule has 3 nitrogen and oxygen atoms in total. The summed E-state index contributed by atoms with van der Waals surface area (Å²) in [6.45, 7) is 3.01. The molecule has 0 N–H and O–H groups in total. The topological polar surface area (TPSA) is 57.9 Å². The van der Waals surface area contributed by atoms with E-state index >= 15 is 0 Å². The molecule has 0 aliphatic rings. The largest absolute Gasteiger partial charge is 0.357 e. The van der Waals surface area contributed by atoms with E-state index in [9.17, 15) is 17.2 Å². The minimum Gasteiger partial charge on any atom is -0.223 e. The van der Waals surface area contributed by atoms with Gasteiger partial charge in [-0.3, -0.25) is 0 Å². The fraction of sp³-hybridized carbons (Fsp3) is 0.364. The first-order valence-electron chi connectivity index (χ1n) is 4.85. The number of hydrogen-bond donors (Lipinski definition) is 0. The molecule has 1 rings (SSSR count). The molecule has 0 heterocycles. The number of alkyl halides is 2. The molecule has 0 fully saturated rings. The van der Waals surface area contributed by atoms with Crippen LogP contribution < -0.4 is 0 Å². The summed E-state index contributed by atoms with van der Waals surface area (Å²) in [5.41, 5.74) is -0.511. The van der Waals surface area contributed by atoms with Crippen LogP contribution in [0.25, 0.3) is 0 Å². The summed E-state index contributed by atoms with van der Waals surface area (Å²) >= 11 is 0. The summed E-state index contributed by atoms with van der Waals surface area (Å²) < 4.78 is 49.3. The van der Waals surface area contributed by atoms with Crippen molar-refractivity contribution >= 4 is 9.84 Å². The van der Waals surface area contributed by atoms with Crippen LogP contribution in [0.1, 0.15) is 19.4 Å². The number of hydrogen-bond acceptors (Lipinski definition) is 3. The van der Waals surface area contributed by atoms with E-state index in [1.165, 1.54) is 13.8 Å². The lowest BCUT2D eigenvalue weighted by Gasteiger charge is -2.10. The summed E-state index contributed by atoms with van der Waals surface area (Å²) in [5, 5.41) is 7.63. The average molecular weight is 259 g/mol. The van der Waals surface area contributed by atoms with Gasteiger partial charge in [0.1, 0.15) is 6.07 Å². The molecule has 1 aromatic carbocycles. The highest BCUT2D eigenvalue weighted by atomic mass is 32.2. The average Bonchev–Trinajstić information content (AvgIpc) is 2.29. The third-order valence-electron chi connectivity index (χ3n) is 2.31. The second kappa shape index (κ2) is 4.41. The molecule has 92 valence electrons. The number of nitrogens with zero attached hydrogens (tertiary/aromatic N) is 1. The van der Waals surface area contributed by atoms with Gasteiger partial charge in [-0.05, 0) is 26.0 Å². The number of sulfone groups is 1. The van der Waals surface area contributed by atoms with Crippen molar-refractivity contribution in [2.75, 3.05) is 0 Å². The predicted octanol–water partition coefficient (Wildman–Crippen LogP) is 2.48. The van der Waals surface area contributed by atoms with Crippen molar-refractivity contribution in [1.82, 2.24) is 0 Å². The van der Waals surface area contributed by atoms with Crippen molar-refractivity contribution in [1.29, 1.82) is 5.26 Å². The molecule has 0 atom stereocenters. The summed E-state index contributed by atoms with van der Waals surface area (Å²) in [6.07, 6.45) is 0. The summed E-state index contributed by atoms with van der Waals surface area (Å²) in [7, 11) is -3.47. The van der Waals surface area contributed by atoms with Crippen LogP contribution in [0.3, 0.4) is 0 Å². The van der Waals surface area contributed by atoms with Crippen molar-refractivity contribution in [2.45, 2.75) is 29.9 Å². The van der Waals surface area contributed by atoms with Gasteiger partial charge in [0.2, 0.25) is 0 Å². The zero-order valence-electron chi connectivity index (χ0n) is 9.31. The minimum atomic E-state index is -3.60. The molecular weight excluding hydrogens is 248 g/mol. The molecule has 0 aliphatic heterocycles. The van der Waals surface area contributed by atoms with Gasteiger partial charge in [-0.1, -0.05) is 12.1 Å². The quantitative estimate of drug-likeness (QED) is 0.837. The van der Waals surface area contributed by atoms with E-state index in [4.69, 9.17) is 5.26 Å². The maximum absolute atomic E-state index is 13.0. The Kier molecular flexibility index (Phi) is 3.53. The summed E-state index contributed by atoms with van der Waals surface area (Å²) in [6, 6.07) is 4.96. The maximum Gasteiger partial charge on any atom is 0.357 e. The van der Waals surface area contributed by atoms with Gasteiger partial charge < -0.3 is 0 Å². The van der Waals surface area contributed by atoms with E-state index < -0.39 is 26.6 Å². The smallest absolute Gasteiger partial charge is 0.223 e. The zero-order chi connectivity index (χ0) is 13.3. The van der Waals surface area contributed by atoms with Crippen molar-refractivity contribution < 1.29 is 17.2 Å². The van der Waals surface area contributed by atoms with Crippen LogP contribution in [-0.2, 0) is 15.8 Å². The Labute approximate surface area is 98.6 Å². The van der Waals surface area contributed by atoms with E-state index in [-0.39, 0.29) is 4.90 Å². The third kappa shape index (κ3) is 2.61. The van der Waals surface area contributed by atoms with Crippen LogP contribution in [0.5, 0.6) is 0 Å². The lowest BCUT2D eigenvalue weighted by Crippen LogP contribution is -2.15. The Hall–Kier alpha value is -1.48. The molecule has 0 bridgehead atoms. The molecule has 0 spiro atoms. The van der Waals surface area contributed by atoms with Gasteiger partial charge in [-0.2, -0.15) is 14.0 Å². The monoisotopic (exact) mass is 259 g/mol. The molecule has 0 unspecified atom stereocenters. The van der Waals surface area contributed by atoms with Crippen molar-refractivity contribution in [3.63, 3.8) is 0 Å². The summed E-state index contributed by atoms with van der Waals surface area (Å²) in [5.74, 6) is -3.60. The fourth-order valence-electron chi connectivity index (χ4n) is 1.19. The number of rotatable bonds is 3. The van der Waals surface area contributed by atoms with E-state index in [0.717, 1.165) is 30.3 Å². The normalized spacial score (nSPS) is 12.5. The number of benzene rings is 1. The van der Waals surface area contributed by atoms with Gasteiger partial charge in [-0.15, -0.1) is 0 Å². The van der Waals surface area contributed by atoms with Gasteiger partial charge in [0.05, 0.1) is 10.1 Å². The molecular formula is C11H11F2NO2S. The highest BCUT2D eigenvalue weighted by molar-refractivity contribution is 7.92. The standard InChI is InChI=1S/C11H11F2NO2S/c1-8(2)17(15,16)10-5-3-9(4-6-10)11(12,13)7-14/h3-6,8H,1-2H3. The second-order valence-corrected chi connectivity index (χ2v) is 6.31. The maximum atomic E-state index is 13.0. The van der Waals surface area contributed by atoms with Crippen LogP contribution in [0.4, 0.5) is 8.78 Å². The molecule has 0 saturated heterocycles. The zero-order valence-corrected chi connectivity index (χ0v) is 10.1. The lowest BCUT2D eigenvalue weighted by molar-refractivity contribution is 0.0612. The Bertz CT molecular complexity index is 542. The van der Waals surface area contributed by atoms with Gasteiger partial charge in [-0.25, -0.2) is 8.42 Å². The van der Waals surface area contributed by atoms with E-state index in [2.05, 4.69) is 0 Å². The highest BCUT2D eigenvalue weighted by Gasteiger charge is 2.31. The Morgan fingerprint density at radius 2 is 1.71 bits per heavy atom. The van der Waals surface area contributed by atoms with E-state index in [1.807, 2.05) is 0 Å². The first-order valence-corrected chi connectivity index (χ1v) is 6.40. The number of halogens is 2. The molecule has 0 saturated carbocycles. The van der Waals surface area contributed by atoms with E-state index in [0.29, 0.717) is 0 Å². The number of nitriles is 1. The van der Waals surface area contributed by atoms with E-state index in [1.54, 1.807) is 0 Å². The van der Waals surface area contributed by atoms with Crippen molar-refractivity contribution in [3.05, 3.63) is 29.8 Å². The Balaban J connectivity index is 3.19. The third-order valence-corrected chi connectivity index (χ3v) is 4.48. The summed E-state index contributed by atoms with van der Waals surface area (Å²) in [4.78, 5) is -0.0232. The lowest BCUT2D eigenvalue weighted by atomic mass is 10.1. The van der Waals surface area contributed by atoms with Crippen LogP contribution in [-0.4, -0.2) is 13.7 Å². The minimum absolute atomic E-state index is 0.0232. The van der Waals surface area contributed by atoms with Crippen LogP contribution in [0.15, 0.2) is 29.2 Å². The molecule has 0 aliphatic carbocycles. The van der Waals surface area contributed by atoms with Crippen LogP contribution >= 0.6 is 0 Å². The molecule has 0 amide bonds. The SMILES string of the molecule is CC(C)S(=O)(=O)c1ccc(C(F)(F)C#N)cc1. The second-order valence-electron chi connectivity index (χ2n) is 3.80. The van der Waals surface area contributed by atoms with Gasteiger partial charge in [0.25, 0.3) is 0 Å². The van der Waals surface area contributed by atoms with Gasteiger partial charge in [0, 0.05) is 5.56 Å².